The average molecular weight is 194 g/mol. The van der Waals surface area contributed by atoms with Crippen molar-refractivity contribution >= 4 is 11.6 Å². The first kappa shape index (κ1) is 9.08. The molecule has 2 rings (SSSR count). The highest BCUT2D eigenvalue weighted by atomic mass is 35.5. The van der Waals surface area contributed by atoms with Crippen LogP contribution in [0.25, 0.3) is 0 Å². The molecule has 0 aromatic heterocycles. The summed E-state index contributed by atoms with van der Waals surface area (Å²) >= 11 is 5.80. The van der Waals surface area contributed by atoms with Gasteiger partial charge in [-0.05, 0) is 55.7 Å². The van der Waals surface area contributed by atoms with Gasteiger partial charge >= 0.3 is 0 Å². The molecule has 1 fully saturated rings. The van der Waals surface area contributed by atoms with Gasteiger partial charge in [0.1, 0.15) is 0 Å². The van der Waals surface area contributed by atoms with Crippen LogP contribution in [0, 0.1) is 12.3 Å². The molecule has 1 aliphatic carbocycles. The van der Waals surface area contributed by atoms with E-state index < -0.39 is 0 Å². The van der Waals surface area contributed by atoms with Crippen molar-refractivity contribution in [2.45, 2.75) is 25.7 Å². The Morgan fingerprint density at radius 2 is 1.92 bits per heavy atom. The molecule has 0 amide bonds. The van der Waals surface area contributed by atoms with Gasteiger partial charge in [0.25, 0.3) is 0 Å². The Hall–Kier alpha value is -0.490. The second-order valence-corrected chi connectivity index (χ2v) is 4.17. The second-order valence-electron chi connectivity index (χ2n) is 3.74. The smallest absolute Gasteiger partial charge is 0.0406 e. The Bertz CT molecular complexity index is 259. The molecule has 0 atom stereocenters. The Morgan fingerprint density at radius 3 is 2.54 bits per heavy atom. The first-order valence-corrected chi connectivity index (χ1v) is 5.30. The molecule has 0 aliphatic heterocycles. The molecule has 1 heteroatoms. The van der Waals surface area contributed by atoms with Gasteiger partial charge in [0.15, 0.2) is 0 Å². The van der Waals surface area contributed by atoms with Crippen LogP contribution in [-0.4, -0.2) is 0 Å². The van der Waals surface area contributed by atoms with E-state index in [1.54, 1.807) is 0 Å². The highest BCUT2D eigenvalue weighted by Crippen LogP contribution is 2.33. The predicted molar refractivity (Wildman–Crippen MR) is 56.8 cm³/mol. The molecule has 0 saturated heterocycles. The molecular formula is C12H14Cl. The summed E-state index contributed by atoms with van der Waals surface area (Å²) in [5.41, 5.74) is 1.39. The van der Waals surface area contributed by atoms with E-state index in [0.717, 1.165) is 17.4 Å². The fourth-order valence-electron chi connectivity index (χ4n) is 1.47. The quantitative estimate of drug-likeness (QED) is 0.681. The van der Waals surface area contributed by atoms with Crippen LogP contribution in [0.5, 0.6) is 0 Å². The maximum atomic E-state index is 5.80. The predicted octanol–water partition coefficient (Wildman–Crippen LogP) is 3.89. The van der Waals surface area contributed by atoms with E-state index in [4.69, 9.17) is 11.6 Å². The van der Waals surface area contributed by atoms with Crippen LogP contribution >= 0.6 is 11.6 Å². The van der Waals surface area contributed by atoms with E-state index >= 15 is 0 Å². The number of halogens is 1. The van der Waals surface area contributed by atoms with Gasteiger partial charge in [-0.25, -0.2) is 0 Å². The molecule has 1 saturated carbocycles. The summed E-state index contributed by atoms with van der Waals surface area (Å²) in [6.07, 6.45) is 7.66. The van der Waals surface area contributed by atoms with Crippen LogP contribution < -0.4 is 0 Å². The van der Waals surface area contributed by atoms with E-state index in [-0.39, 0.29) is 0 Å². The molecule has 0 nitrogen and oxygen atoms in total. The molecule has 69 valence electrons. The van der Waals surface area contributed by atoms with Gasteiger partial charge in [-0.3, -0.25) is 0 Å². The fourth-order valence-corrected chi connectivity index (χ4v) is 1.59. The lowest BCUT2D eigenvalue weighted by atomic mass is 10.1. The van der Waals surface area contributed by atoms with E-state index in [1.807, 2.05) is 12.1 Å². The molecule has 1 aromatic carbocycles. The minimum absolute atomic E-state index is 0.829. The van der Waals surface area contributed by atoms with Crippen molar-refractivity contribution in [2.24, 2.45) is 5.92 Å². The summed E-state index contributed by atoms with van der Waals surface area (Å²) in [4.78, 5) is 0. The van der Waals surface area contributed by atoms with Crippen molar-refractivity contribution in [1.29, 1.82) is 0 Å². The molecule has 1 radical (unpaired) electrons. The molecule has 0 bridgehead atoms. The molecule has 1 aliphatic rings. The summed E-state index contributed by atoms with van der Waals surface area (Å²) in [6.45, 7) is 0. The van der Waals surface area contributed by atoms with Crippen LogP contribution in [0.3, 0.4) is 0 Å². The van der Waals surface area contributed by atoms with Gasteiger partial charge in [-0.1, -0.05) is 23.7 Å². The molecule has 0 unspecified atom stereocenters. The van der Waals surface area contributed by atoms with Crippen LogP contribution in [-0.2, 0) is 6.42 Å². The monoisotopic (exact) mass is 193 g/mol. The topological polar surface area (TPSA) is 0 Å². The van der Waals surface area contributed by atoms with Crippen molar-refractivity contribution in [2.75, 3.05) is 0 Å². The van der Waals surface area contributed by atoms with Gasteiger partial charge in [-0.2, -0.15) is 0 Å². The maximum absolute atomic E-state index is 5.80. The number of hydrogen-bond acceptors (Lipinski definition) is 0. The lowest BCUT2D eigenvalue weighted by Gasteiger charge is -2.00. The Kier molecular flexibility index (Phi) is 2.90. The third kappa shape index (κ3) is 3.04. The Morgan fingerprint density at radius 1 is 1.23 bits per heavy atom. The zero-order valence-electron chi connectivity index (χ0n) is 7.67. The van der Waals surface area contributed by atoms with Crippen LogP contribution in [0.4, 0.5) is 0 Å². The van der Waals surface area contributed by atoms with Gasteiger partial charge in [-0.15, -0.1) is 0 Å². The van der Waals surface area contributed by atoms with Crippen molar-refractivity contribution < 1.29 is 0 Å². The van der Waals surface area contributed by atoms with Crippen molar-refractivity contribution in [3.8, 4) is 0 Å². The number of rotatable bonds is 4. The summed E-state index contributed by atoms with van der Waals surface area (Å²) in [7, 11) is 0. The van der Waals surface area contributed by atoms with Gasteiger partial charge in [0, 0.05) is 5.02 Å². The summed E-state index contributed by atoms with van der Waals surface area (Å²) in [5, 5.41) is 0.829. The van der Waals surface area contributed by atoms with Crippen LogP contribution in [0.1, 0.15) is 24.8 Å². The number of aryl methyl sites for hydroxylation is 1. The average Bonchev–Trinajstić information content (AvgIpc) is 2.92. The fraction of sp³-hybridized carbons (Fsp3) is 0.417. The number of benzene rings is 1. The molecule has 1 aromatic rings. The van der Waals surface area contributed by atoms with Crippen LogP contribution in [0.15, 0.2) is 24.3 Å². The molecule has 0 heterocycles. The molecule has 0 spiro atoms. The maximum Gasteiger partial charge on any atom is 0.0406 e. The van der Waals surface area contributed by atoms with E-state index in [0.29, 0.717) is 0 Å². The van der Waals surface area contributed by atoms with Crippen LogP contribution in [0.2, 0.25) is 5.02 Å². The van der Waals surface area contributed by atoms with E-state index in [2.05, 4.69) is 18.6 Å². The largest absolute Gasteiger partial charge is 0.0843 e. The minimum atomic E-state index is 0.829. The second kappa shape index (κ2) is 4.15. The Balaban J connectivity index is 1.76. The highest BCUT2D eigenvalue weighted by Gasteiger charge is 2.20. The van der Waals surface area contributed by atoms with Gasteiger partial charge in [0.2, 0.25) is 0 Å². The molecule has 0 N–H and O–H groups in total. The first-order valence-electron chi connectivity index (χ1n) is 4.92. The van der Waals surface area contributed by atoms with E-state index in [1.165, 1.54) is 24.8 Å². The normalized spacial score (nSPS) is 16.1. The SMILES string of the molecule is Clc1ccc(CC[CH]C2CC2)cc1. The standard InChI is InChI=1S/C12H14Cl/c13-12-8-6-11(7-9-12)3-1-2-10-4-5-10/h2,6-10H,1,3-5H2. The van der Waals surface area contributed by atoms with Crippen molar-refractivity contribution in [1.82, 2.24) is 0 Å². The van der Waals surface area contributed by atoms with Gasteiger partial charge in [0.05, 0.1) is 0 Å². The molecule has 13 heavy (non-hydrogen) atoms. The zero-order chi connectivity index (χ0) is 9.10. The number of hydrogen-bond donors (Lipinski definition) is 0. The summed E-state index contributed by atoms with van der Waals surface area (Å²) in [6, 6.07) is 8.16. The third-order valence-electron chi connectivity index (χ3n) is 2.47. The lowest BCUT2D eigenvalue weighted by Crippen LogP contribution is -1.86. The lowest BCUT2D eigenvalue weighted by molar-refractivity contribution is 0.835. The van der Waals surface area contributed by atoms with Crippen molar-refractivity contribution in [3.05, 3.63) is 41.3 Å². The van der Waals surface area contributed by atoms with Gasteiger partial charge < -0.3 is 0 Å². The van der Waals surface area contributed by atoms with E-state index in [9.17, 15) is 0 Å². The summed E-state index contributed by atoms with van der Waals surface area (Å²) < 4.78 is 0. The molecular weight excluding hydrogens is 180 g/mol. The minimum Gasteiger partial charge on any atom is -0.0843 e. The van der Waals surface area contributed by atoms with Crippen molar-refractivity contribution in [3.63, 3.8) is 0 Å². The first-order chi connectivity index (χ1) is 6.34. The zero-order valence-corrected chi connectivity index (χ0v) is 8.43. The highest BCUT2D eigenvalue weighted by molar-refractivity contribution is 6.30. The third-order valence-corrected chi connectivity index (χ3v) is 2.72. The summed E-state index contributed by atoms with van der Waals surface area (Å²) in [5.74, 6) is 0.937. The Labute approximate surface area is 84.9 Å².